The molecule has 11 heteroatoms. The van der Waals surface area contributed by atoms with Gasteiger partial charge in [0.1, 0.15) is 35.3 Å². The van der Waals surface area contributed by atoms with Gasteiger partial charge in [-0.1, -0.05) is 0 Å². The summed E-state index contributed by atoms with van der Waals surface area (Å²) in [6.07, 6.45) is 9.37. The number of H-pyrrole nitrogens is 1. The molecule has 1 N–H and O–H groups in total. The lowest BCUT2D eigenvalue weighted by atomic mass is 9.95. The van der Waals surface area contributed by atoms with Crippen LogP contribution in [0, 0.1) is 18.6 Å². The Morgan fingerprint density at radius 3 is 2.67 bits per heavy atom. The second kappa shape index (κ2) is 9.18. The van der Waals surface area contributed by atoms with Gasteiger partial charge in [0.25, 0.3) is 0 Å². The highest BCUT2D eigenvalue weighted by molar-refractivity contribution is 5.99. The molecule has 0 atom stereocenters. The van der Waals surface area contributed by atoms with E-state index in [2.05, 4.69) is 30.0 Å². The number of anilines is 1. The molecule has 0 spiro atoms. The summed E-state index contributed by atoms with van der Waals surface area (Å²) in [5, 5.41) is 7.65. The lowest BCUT2D eigenvalue weighted by Gasteiger charge is -2.31. The van der Waals surface area contributed by atoms with E-state index >= 15 is 4.39 Å². The fourth-order valence-corrected chi connectivity index (χ4v) is 6.51. The minimum absolute atomic E-state index is 0.00228. The van der Waals surface area contributed by atoms with Crippen LogP contribution in [0.2, 0.25) is 0 Å². The number of benzene rings is 1. The van der Waals surface area contributed by atoms with E-state index in [1.807, 2.05) is 0 Å². The Labute approximate surface area is 222 Å². The Hall–Kier alpha value is -3.73. The number of hydrogen-bond acceptors (Lipinski definition) is 7. The Morgan fingerprint density at radius 1 is 1.05 bits per heavy atom. The first kappa shape index (κ1) is 24.3. The molecule has 7 rings (SSSR count). The van der Waals surface area contributed by atoms with Crippen molar-refractivity contribution in [2.24, 2.45) is 0 Å². The summed E-state index contributed by atoms with van der Waals surface area (Å²) in [6, 6.07) is 1.38. The Morgan fingerprint density at radius 2 is 1.87 bits per heavy atom. The summed E-state index contributed by atoms with van der Waals surface area (Å²) in [6.45, 7) is 4.62. The van der Waals surface area contributed by atoms with Crippen LogP contribution in [0.1, 0.15) is 37.7 Å². The molecule has 2 fully saturated rings. The van der Waals surface area contributed by atoms with Crippen LogP contribution in [-0.2, 0) is 0 Å². The smallest absolute Gasteiger partial charge is 0.319 e. The fraction of sp³-hybridized carbons (Fsp3) is 0.429. The molecular formula is C28H28F3N7O. The molecule has 39 heavy (non-hydrogen) atoms. The van der Waals surface area contributed by atoms with E-state index in [1.54, 1.807) is 17.9 Å². The molecule has 0 unspecified atom stereocenters. The molecule has 2 saturated heterocycles. The van der Waals surface area contributed by atoms with E-state index in [0.717, 1.165) is 38.8 Å². The van der Waals surface area contributed by atoms with Crippen LogP contribution < -0.4 is 9.64 Å². The Balaban J connectivity index is 1.37. The third-order valence-corrected chi connectivity index (χ3v) is 8.51. The van der Waals surface area contributed by atoms with Crippen molar-refractivity contribution in [3.8, 4) is 17.3 Å². The minimum Gasteiger partial charge on any atom is -0.461 e. The van der Waals surface area contributed by atoms with Gasteiger partial charge in [-0.3, -0.25) is 15.0 Å². The average Bonchev–Trinajstić information content (AvgIpc) is 3.65. The topological polar surface area (TPSA) is 83.1 Å². The van der Waals surface area contributed by atoms with E-state index < -0.39 is 11.6 Å². The van der Waals surface area contributed by atoms with Crippen molar-refractivity contribution in [2.45, 2.75) is 44.6 Å². The maximum absolute atomic E-state index is 16.4. The lowest BCUT2D eigenvalue weighted by Crippen LogP contribution is -2.43. The standard InChI is InChI=1S/C28H28F3N7O/c1-16-20(30)11-21-18(13-33-36-21)22(16)25-23(31)24-19(12-32-25)26(37-8-2-5-17(29)14-37)35-27(34-24)39-15-28-6-3-9-38(28)10-4-7-28/h5,11-13H,2-4,6-10,14-15H2,1H3,(H,33,36). The van der Waals surface area contributed by atoms with Gasteiger partial charge in [0.05, 0.1) is 29.2 Å². The van der Waals surface area contributed by atoms with E-state index in [9.17, 15) is 8.78 Å². The summed E-state index contributed by atoms with van der Waals surface area (Å²) in [5.74, 6) is -1.12. The lowest BCUT2D eigenvalue weighted by molar-refractivity contribution is 0.108. The van der Waals surface area contributed by atoms with Crippen molar-refractivity contribution < 1.29 is 17.9 Å². The predicted octanol–water partition coefficient (Wildman–Crippen LogP) is 5.23. The predicted molar refractivity (Wildman–Crippen MR) is 141 cm³/mol. The molecule has 8 nitrogen and oxygen atoms in total. The molecule has 202 valence electrons. The number of nitrogens with zero attached hydrogens (tertiary/aromatic N) is 6. The zero-order valence-electron chi connectivity index (χ0n) is 21.6. The molecular weight excluding hydrogens is 507 g/mol. The number of aromatic amines is 1. The van der Waals surface area contributed by atoms with Gasteiger partial charge >= 0.3 is 6.01 Å². The van der Waals surface area contributed by atoms with Crippen LogP contribution in [0.5, 0.6) is 6.01 Å². The van der Waals surface area contributed by atoms with Gasteiger partial charge in [-0.05, 0) is 69.8 Å². The van der Waals surface area contributed by atoms with Crippen LogP contribution >= 0.6 is 0 Å². The van der Waals surface area contributed by atoms with E-state index in [-0.39, 0.29) is 40.7 Å². The quantitative estimate of drug-likeness (QED) is 0.375. The van der Waals surface area contributed by atoms with Crippen molar-refractivity contribution in [2.75, 3.05) is 37.7 Å². The average molecular weight is 536 g/mol. The molecule has 1 aromatic carbocycles. The summed E-state index contributed by atoms with van der Waals surface area (Å²) < 4.78 is 51.7. The van der Waals surface area contributed by atoms with Crippen molar-refractivity contribution in [3.05, 3.63) is 47.6 Å². The zero-order chi connectivity index (χ0) is 26.7. The molecule has 6 heterocycles. The maximum atomic E-state index is 16.4. The first-order valence-electron chi connectivity index (χ1n) is 13.4. The number of ether oxygens (including phenoxy) is 1. The highest BCUT2D eigenvalue weighted by atomic mass is 19.1. The van der Waals surface area contributed by atoms with Crippen LogP contribution in [0.25, 0.3) is 33.1 Å². The summed E-state index contributed by atoms with van der Waals surface area (Å²) in [7, 11) is 0. The van der Waals surface area contributed by atoms with Gasteiger partial charge in [-0.25, -0.2) is 13.2 Å². The van der Waals surface area contributed by atoms with E-state index in [0.29, 0.717) is 47.2 Å². The molecule has 0 aliphatic carbocycles. The number of nitrogens with one attached hydrogen (secondary N) is 1. The van der Waals surface area contributed by atoms with Gasteiger partial charge in [-0.15, -0.1) is 0 Å². The van der Waals surface area contributed by atoms with E-state index in [4.69, 9.17) is 4.74 Å². The third kappa shape index (κ3) is 3.93. The summed E-state index contributed by atoms with van der Waals surface area (Å²) in [5.41, 5.74) is 0.912. The summed E-state index contributed by atoms with van der Waals surface area (Å²) >= 11 is 0. The van der Waals surface area contributed by atoms with Crippen LogP contribution in [0.3, 0.4) is 0 Å². The van der Waals surface area contributed by atoms with Crippen molar-refractivity contribution >= 4 is 27.6 Å². The first-order valence-corrected chi connectivity index (χ1v) is 13.4. The molecule has 0 bridgehead atoms. The van der Waals surface area contributed by atoms with Crippen LogP contribution in [0.4, 0.5) is 19.0 Å². The van der Waals surface area contributed by atoms with Crippen LogP contribution in [0.15, 0.2) is 30.4 Å². The molecule has 0 radical (unpaired) electrons. The van der Waals surface area contributed by atoms with Crippen molar-refractivity contribution in [1.82, 2.24) is 30.0 Å². The third-order valence-electron chi connectivity index (χ3n) is 8.51. The largest absolute Gasteiger partial charge is 0.461 e. The Kier molecular flexibility index (Phi) is 5.73. The molecule has 3 aromatic heterocycles. The second-order valence-corrected chi connectivity index (χ2v) is 10.8. The fourth-order valence-electron chi connectivity index (χ4n) is 6.51. The minimum atomic E-state index is -0.716. The monoisotopic (exact) mass is 535 g/mol. The van der Waals surface area contributed by atoms with Gasteiger partial charge in [0.2, 0.25) is 0 Å². The second-order valence-electron chi connectivity index (χ2n) is 10.8. The molecule has 3 aliphatic heterocycles. The number of rotatable bonds is 5. The maximum Gasteiger partial charge on any atom is 0.319 e. The number of pyridine rings is 1. The number of hydrogen-bond donors (Lipinski definition) is 1. The molecule has 3 aliphatic rings. The van der Waals surface area contributed by atoms with Crippen molar-refractivity contribution in [3.63, 3.8) is 0 Å². The molecule has 0 saturated carbocycles. The van der Waals surface area contributed by atoms with Crippen LogP contribution in [-0.4, -0.2) is 68.4 Å². The molecule has 4 aromatic rings. The van der Waals surface area contributed by atoms with E-state index in [1.165, 1.54) is 18.5 Å². The van der Waals surface area contributed by atoms with Gasteiger partial charge in [0, 0.05) is 23.7 Å². The number of fused-ring (bicyclic) bond motifs is 3. The number of halogens is 3. The SMILES string of the molecule is Cc1c(F)cc2[nH]ncc2c1-c1ncc2c(N3CCC=C(F)C3)nc(OCC34CCCN3CCC4)nc2c1F. The highest BCUT2D eigenvalue weighted by Gasteiger charge is 2.45. The molecule has 0 amide bonds. The highest BCUT2D eigenvalue weighted by Crippen LogP contribution is 2.40. The van der Waals surface area contributed by atoms with Crippen molar-refractivity contribution in [1.29, 1.82) is 0 Å². The van der Waals surface area contributed by atoms with Gasteiger partial charge < -0.3 is 9.64 Å². The first-order chi connectivity index (χ1) is 18.9. The Bertz CT molecular complexity index is 1630. The normalized spacial score (nSPS) is 19.2. The zero-order valence-corrected chi connectivity index (χ0v) is 21.6. The van der Waals surface area contributed by atoms with Gasteiger partial charge in [-0.2, -0.15) is 15.1 Å². The number of aromatic nitrogens is 5. The van der Waals surface area contributed by atoms with Gasteiger partial charge in [0.15, 0.2) is 5.82 Å². The summed E-state index contributed by atoms with van der Waals surface area (Å²) in [4.78, 5) is 17.8.